The van der Waals surface area contributed by atoms with E-state index in [1.165, 1.54) is 0 Å². The molecule has 2 aromatic heterocycles. The smallest absolute Gasteiger partial charge is 0.253 e. The van der Waals surface area contributed by atoms with Crippen molar-refractivity contribution in [3.8, 4) is 17.1 Å². The lowest BCUT2D eigenvalue weighted by Gasteiger charge is -2.42. The Morgan fingerprint density at radius 3 is 2.59 bits per heavy atom. The highest BCUT2D eigenvalue weighted by Crippen LogP contribution is 2.36. The van der Waals surface area contributed by atoms with Crippen LogP contribution in [0, 0.1) is 6.92 Å². The number of aromatic nitrogens is 3. The number of amides is 1. The van der Waals surface area contributed by atoms with Crippen LogP contribution < -0.4 is 10.1 Å². The van der Waals surface area contributed by atoms with Gasteiger partial charge in [0.25, 0.3) is 5.91 Å². The number of fused-ring (bicyclic) bond motifs is 3. The van der Waals surface area contributed by atoms with Gasteiger partial charge in [-0.25, -0.2) is 9.97 Å². The van der Waals surface area contributed by atoms with Crippen LogP contribution in [0.15, 0.2) is 30.5 Å². The molecular formula is C29H36ClN7O2. The number of piperazine rings is 1. The van der Waals surface area contributed by atoms with Crippen LogP contribution in [0.1, 0.15) is 34.3 Å². The van der Waals surface area contributed by atoms with E-state index in [0.717, 1.165) is 92.7 Å². The molecular weight excluding hydrogens is 514 g/mol. The molecule has 6 rings (SSSR count). The van der Waals surface area contributed by atoms with Crippen molar-refractivity contribution in [1.82, 2.24) is 29.2 Å². The molecule has 3 aliphatic heterocycles. The minimum Gasteiger partial charge on any atom is -0.495 e. The van der Waals surface area contributed by atoms with Crippen LogP contribution >= 0.6 is 11.6 Å². The lowest BCUT2D eigenvalue weighted by Crippen LogP contribution is -2.52. The van der Waals surface area contributed by atoms with E-state index in [1.807, 2.05) is 35.4 Å². The number of halogens is 1. The van der Waals surface area contributed by atoms with Crippen LogP contribution in [-0.2, 0) is 13.0 Å². The van der Waals surface area contributed by atoms with Crippen LogP contribution in [0.5, 0.6) is 5.75 Å². The number of carbonyl (C=O) groups excluding carboxylic acids is 1. The molecule has 0 saturated carbocycles. The van der Waals surface area contributed by atoms with E-state index in [1.54, 1.807) is 7.11 Å². The number of nitrogens with zero attached hydrogens (tertiary/aromatic N) is 6. The van der Waals surface area contributed by atoms with Crippen molar-refractivity contribution < 1.29 is 9.53 Å². The number of carbonyl (C=O) groups is 1. The van der Waals surface area contributed by atoms with Gasteiger partial charge in [-0.2, -0.15) is 0 Å². The number of ether oxygens (including phenoxy) is 1. The largest absolute Gasteiger partial charge is 0.495 e. The highest BCUT2D eigenvalue weighted by atomic mass is 35.5. The van der Waals surface area contributed by atoms with Gasteiger partial charge in [0.2, 0.25) is 5.95 Å². The predicted octanol–water partition coefficient (Wildman–Crippen LogP) is 4.07. The Morgan fingerprint density at radius 1 is 1.08 bits per heavy atom. The van der Waals surface area contributed by atoms with E-state index in [4.69, 9.17) is 21.3 Å². The zero-order chi connectivity index (χ0) is 27.1. The van der Waals surface area contributed by atoms with E-state index in [9.17, 15) is 4.79 Å². The molecule has 0 aliphatic carbocycles. The maximum atomic E-state index is 13.4. The molecule has 0 radical (unpaired) electrons. The summed E-state index contributed by atoms with van der Waals surface area (Å²) in [4.78, 5) is 29.7. The number of rotatable bonds is 5. The molecule has 3 aliphatic rings. The van der Waals surface area contributed by atoms with Gasteiger partial charge in [-0.3, -0.25) is 9.69 Å². The summed E-state index contributed by atoms with van der Waals surface area (Å²) in [7, 11) is 3.80. The number of aryl methyl sites for hydroxylation is 2. The molecule has 0 spiro atoms. The third-order valence-electron chi connectivity index (χ3n) is 8.43. The first-order chi connectivity index (χ1) is 18.9. The van der Waals surface area contributed by atoms with Gasteiger partial charge in [0, 0.05) is 69.2 Å². The molecule has 1 amide bonds. The normalized spacial score (nSPS) is 18.5. The average molecular weight is 550 g/mol. The third kappa shape index (κ3) is 5.11. The van der Waals surface area contributed by atoms with Crippen molar-refractivity contribution in [2.45, 2.75) is 38.8 Å². The molecule has 0 atom stereocenters. The summed E-state index contributed by atoms with van der Waals surface area (Å²) in [6.07, 6.45) is 4.76. The Balaban J connectivity index is 1.15. The second-order valence-electron chi connectivity index (χ2n) is 10.9. The second-order valence-corrected chi connectivity index (χ2v) is 11.3. The molecule has 0 bridgehead atoms. The molecule has 0 unspecified atom stereocenters. The van der Waals surface area contributed by atoms with E-state index in [0.29, 0.717) is 29.0 Å². The van der Waals surface area contributed by atoms with Gasteiger partial charge in [-0.15, -0.1) is 0 Å². The van der Waals surface area contributed by atoms with Gasteiger partial charge < -0.3 is 24.4 Å². The molecule has 5 heterocycles. The van der Waals surface area contributed by atoms with Crippen LogP contribution in [0.3, 0.4) is 0 Å². The van der Waals surface area contributed by atoms with Gasteiger partial charge in [-0.05, 0) is 63.1 Å². The first kappa shape index (κ1) is 26.1. The molecule has 206 valence electrons. The van der Waals surface area contributed by atoms with E-state index in [2.05, 4.69) is 38.6 Å². The molecule has 2 saturated heterocycles. The Bertz CT molecular complexity index is 1370. The number of nitrogens with one attached hydrogen (secondary N) is 1. The van der Waals surface area contributed by atoms with Crippen LogP contribution in [-0.4, -0.2) is 94.6 Å². The number of piperidine rings is 1. The van der Waals surface area contributed by atoms with Gasteiger partial charge in [-0.1, -0.05) is 11.6 Å². The van der Waals surface area contributed by atoms with Gasteiger partial charge in [0.05, 0.1) is 24.2 Å². The minimum atomic E-state index is 0.0508. The van der Waals surface area contributed by atoms with Crippen molar-refractivity contribution in [1.29, 1.82) is 0 Å². The molecule has 2 fully saturated rings. The Morgan fingerprint density at radius 2 is 1.85 bits per heavy atom. The highest BCUT2D eigenvalue weighted by molar-refractivity contribution is 6.30. The number of anilines is 2. The monoisotopic (exact) mass is 549 g/mol. The Kier molecular flexibility index (Phi) is 7.22. The van der Waals surface area contributed by atoms with E-state index in [-0.39, 0.29) is 5.91 Å². The van der Waals surface area contributed by atoms with Gasteiger partial charge in [0.1, 0.15) is 10.9 Å². The Hall–Kier alpha value is -3.14. The quantitative estimate of drug-likeness (QED) is 0.514. The summed E-state index contributed by atoms with van der Waals surface area (Å²) < 4.78 is 7.77. The fourth-order valence-electron chi connectivity index (χ4n) is 6.12. The zero-order valence-corrected chi connectivity index (χ0v) is 23.7. The predicted molar refractivity (Wildman–Crippen MR) is 153 cm³/mol. The molecule has 39 heavy (non-hydrogen) atoms. The van der Waals surface area contributed by atoms with Crippen molar-refractivity contribution in [2.75, 3.05) is 58.7 Å². The molecule has 1 aromatic carbocycles. The molecule has 1 N–H and O–H groups in total. The average Bonchev–Trinajstić information content (AvgIpc) is 3.26. The lowest BCUT2D eigenvalue weighted by molar-refractivity contribution is 0.0518. The number of likely N-dealkylation sites (N-methyl/N-ethyl adjacent to an activating group) is 1. The number of benzene rings is 1. The van der Waals surface area contributed by atoms with Crippen molar-refractivity contribution >= 4 is 29.1 Å². The van der Waals surface area contributed by atoms with E-state index >= 15 is 0 Å². The summed E-state index contributed by atoms with van der Waals surface area (Å²) in [5.74, 6) is 1.11. The number of likely N-dealkylation sites (tertiary alicyclic amines) is 1. The lowest BCUT2D eigenvalue weighted by atomic mass is 10.0. The SMILES string of the molecule is COc1cc(C(=O)N2CCC(N3CCN(C)CC3)CC2)ccc1Nc1ncc2c(n1)-c1c(C)cc(Cl)n1CC2. The fraction of sp³-hybridized carbons (Fsp3) is 0.483. The molecule has 9 nitrogen and oxygen atoms in total. The van der Waals surface area contributed by atoms with Crippen LogP contribution in [0.4, 0.5) is 11.6 Å². The first-order valence-corrected chi connectivity index (χ1v) is 14.2. The van der Waals surface area contributed by atoms with Gasteiger partial charge in [0.15, 0.2) is 0 Å². The standard InChI is InChI=1S/C29H36ClN7O2/c1-19-16-25(30)37-11-6-21-18-31-29(33-26(21)27(19)37)32-23-5-4-20(17-24(23)39-3)28(38)36-9-7-22(8-10-36)35-14-12-34(2)13-15-35/h4-5,16-18,22H,6-15H2,1-3H3,(H,31,32,33). The van der Waals surface area contributed by atoms with Crippen LogP contribution in [0.25, 0.3) is 11.4 Å². The van der Waals surface area contributed by atoms with Crippen molar-refractivity contribution in [2.24, 2.45) is 0 Å². The second kappa shape index (κ2) is 10.8. The van der Waals surface area contributed by atoms with Crippen molar-refractivity contribution in [3.05, 3.63) is 52.3 Å². The summed E-state index contributed by atoms with van der Waals surface area (Å²) in [6, 6.07) is 8.09. The summed E-state index contributed by atoms with van der Waals surface area (Å²) in [5, 5.41) is 4.03. The number of methoxy groups -OCH3 is 1. The number of hydrogen-bond donors (Lipinski definition) is 1. The Labute approximate surface area is 234 Å². The van der Waals surface area contributed by atoms with Crippen LogP contribution in [0.2, 0.25) is 5.15 Å². The molecule has 3 aromatic rings. The first-order valence-electron chi connectivity index (χ1n) is 13.8. The third-order valence-corrected chi connectivity index (χ3v) is 8.74. The topological polar surface area (TPSA) is 78.8 Å². The zero-order valence-electron chi connectivity index (χ0n) is 22.9. The molecule has 10 heteroatoms. The summed E-state index contributed by atoms with van der Waals surface area (Å²) in [5.41, 5.74) is 5.48. The number of hydrogen-bond acceptors (Lipinski definition) is 7. The fourth-order valence-corrected chi connectivity index (χ4v) is 6.45. The highest BCUT2D eigenvalue weighted by Gasteiger charge is 2.29. The minimum absolute atomic E-state index is 0.0508. The maximum absolute atomic E-state index is 13.4. The maximum Gasteiger partial charge on any atom is 0.253 e. The van der Waals surface area contributed by atoms with Crippen molar-refractivity contribution in [3.63, 3.8) is 0 Å². The van der Waals surface area contributed by atoms with E-state index < -0.39 is 0 Å². The summed E-state index contributed by atoms with van der Waals surface area (Å²) >= 11 is 6.44. The van der Waals surface area contributed by atoms with Gasteiger partial charge >= 0.3 is 0 Å². The summed E-state index contributed by atoms with van der Waals surface area (Å²) in [6.45, 7) is 8.93.